The molecule has 0 N–H and O–H groups in total. The number of nitrogens with zero attached hydrogens (tertiary/aromatic N) is 1. The summed E-state index contributed by atoms with van der Waals surface area (Å²) in [5.74, 6) is 5.08. The van der Waals surface area contributed by atoms with Gasteiger partial charge in [-0.15, -0.1) is 0 Å². The summed E-state index contributed by atoms with van der Waals surface area (Å²) in [5, 5.41) is 9.63. The van der Waals surface area contributed by atoms with Crippen LogP contribution in [0, 0.1) is 46.3 Å². The van der Waals surface area contributed by atoms with Crippen molar-refractivity contribution < 1.29 is 0 Å². The molecule has 0 aliphatic heterocycles. The molecule has 0 heterocycles. The van der Waals surface area contributed by atoms with E-state index in [1.807, 2.05) is 0 Å². The molecule has 1 nitrogen and oxygen atoms in total. The van der Waals surface area contributed by atoms with Crippen molar-refractivity contribution in [2.45, 2.75) is 110 Å². The molecule has 0 aromatic rings. The lowest BCUT2D eigenvalue weighted by Gasteiger charge is -2.42. The average Bonchev–Trinajstić information content (AvgIpc) is 2.69. The van der Waals surface area contributed by atoms with Gasteiger partial charge in [0.2, 0.25) is 0 Å². The van der Waals surface area contributed by atoms with Crippen LogP contribution in [0.3, 0.4) is 0 Å². The lowest BCUT2D eigenvalue weighted by atomic mass is 9.62. The molecule has 0 atom stereocenters. The van der Waals surface area contributed by atoms with Crippen molar-refractivity contribution in [2.24, 2.45) is 35.0 Å². The van der Waals surface area contributed by atoms with Crippen molar-refractivity contribution in [1.82, 2.24) is 0 Å². The van der Waals surface area contributed by atoms with Crippen molar-refractivity contribution in [2.75, 3.05) is 0 Å². The molecule has 3 saturated carbocycles. The second-order valence-electron chi connectivity index (χ2n) is 9.84. The molecule has 142 valence electrons. The highest BCUT2D eigenvalue weighted by molar-refractivity contribution is 5.02. The van der Waals surface area contributed by atoms with Gasteiger partial charge in [0.05, 0.1) is 11.5 Å². The van der Waals surface area contributed by atoms with Crippen LogP contribution in [0.15, 0.2) is 0 Å². The van der Waals surface area contributed by atoms with E-state index in [-0.39, 0.29) is 5.41 Å². The highest BCUT2D eigenvalue weighted by atomic mass is 14.4. The Hall–Kier alpha value is -0.510. The van der Waals surface area contributed by atoms with E-state index in [2.05, 4.69) is 19.9 Å². The van der Waals surface area contributed by atoms with Crippen LogP contribution in [-0.4, -0.2) is 0 Å². The van der Waals surface area contributed by atoms with Gasteiger partial charge in [0.1, 0.15) is 0 Å². The summed E-state index contributed by atoms with van der Waals surface area (Å²) in [6.07, 6.45) is 20.8. The Morgan fingerprint density at radius 1 is 0.720 bits per heavy atom. The molecule has 0 aromatic heterocycles. The third-order valence-corrected chi connectivity index (χ3v) is 8.57. The number of nitriles is 1. The second-order valence-corrected chi connectivity index (χ2v) is 9.84. The zero-order valence-corrected chi connectivity index (χ0v) is 16.9. The van der Waals surface area contributed by atoms with Gasteiger partial charge in [-0.2, -0.15) is 5.26 Å². The summed E-state index contributed by atoms with van der Waals surface area (Å²) in [6.45, 7) is 4.61. The number of hydrogen-bond donors (Lipinski definition) is 0. The first-order valence-electron chi connectivity index (χ1n) is 11.6. The minimum Gasteiger partial charge on any atom is -0.198 e. The van der Waals surface area contributed by atoms with E-state index in [9.17, 15) is 5.26 Å². The molecule has 0 unspecified atom stereocenters. The Morgan fingerprint density at radius 2 is 1.16 bits per heavy atom. The van der Waals surface area contributed by atoms with Crippen LogP contribution in [0.25, 0.3) is 0 Å². The van der Waals surface area contributed by atoms with E-state index >= 15 is 0 Å². The molecule has 1 heteroatoms. The summed E-state index contributed by atoms with van der Waals surface area (Å²) in [5.41, 5.74) is 0.0420. The Morgan fingerprint density at radius 3 is 1.56 bits per heavy atom. The van der Waals surface area contributed by atoms with E-state index in [1.54, 1.807) is 0 Å². The Kier molecular flexibility index (Phi) is 6.87. The SMILES string of the molecule is CCCC1(C#N)CCC(C2CCC(C3CCC(CC)CC3)CC2)CC1. The molecular weight excluding hydrogens is 302 g/mol. The maximum atomic E-state index is 9.63. The number of hydrogen-bond acceptors (Lipinski definition) is 1. The molecule has 3 aliphatic rings. The van der Waals surface area contributed by atoms with Crippen LogP contribution in [-0.2, 0) is 0 Å². The van der Waals surface area contributed by atoms with Crippen molar-refractivity contribution in [3.05, 3.63) is 0 Å². The van der Waals surface area contributed by atoms with Crippen LogP contribution >= 0.6 is 0 Å². The van der Waals surface area contributed by atoms with Gasteiger partial charge in [-0.25, -0.2) is 0 Å². The number of rotatable bonds is 5. The molecule has 3 fully saturated rings. The second kappa shape index (κ2) is 8.92. The van der Waals surface area contributed by atoms with Crippen molar-refractivity contribution in [3.8, 4) is 6.07 Å². The first kappa shape index (κ1) is 19.3. The van der Waals surface area contributed by atoms with E-state index in [0.29, 0.717) is 0 Å². The van der Waals surface area contributed by atoms with Gasteiger partial charge in [-0.3, -0.25) is 0 Å². The largest absolute Gasteiger partial charge is 0.198 e. The summed E-state index contributed by atoms with van der Waals surface area (Å²) in [7, 11) is 0. The molecule has 0 amide bonds. The Bertz CT molecular complexity index is 424. The third kappa shape index (κ3) is 4.61. The summed E-state index contributed by atoms with van der Waals surface area (Å²) < 4.78 is 0. The molecule has 0 saturated heterocycles. The fourth-order valence-corrected chi connectivity index (χ4v) is 6.72. The summed E-state index contributed by atoms with van der Waals surface area (Å²) in [6, 6.07) is 2.70. The third-order valence-electron chi connectivity index (χ3n) is 8.57. The van der Waals surface area contributed by atoms with Gasteiger partial charge in [0.15, 0.2) is 0 Å². The smallest absolute Gasteiger partial charge is 0.0689 e. The van der Waals surface area contributed by atoms with Gasteiger partial charge in [-0.05, 0) is 100 Å². The van der Waals surface area contributed by atoms with E-state index < -0.39 is 0 Å². The summed E-state index contributed by atoms with van der Waals surface area (Å²) in [4.78, 5) is 0. The first-order chi connectivity index (χ1) is 12.2. The fourth-order valence-electron chi connectivity index (χ4n) is 6.72. The Labute approximate surface area is 157 Å². The summed E-state index contributed by atoms with van der Waals surface area (Å²) >= 11 is 0. The topological polar surface area (TPSA) is 23.8 Å². The monoisotopic (exact) mass is 343 g/mol. The van der Waals surface area contributed by atoms with Gasteiger partial charge in [-0.1, -0.05) is 39.5 Å². The quantitative estimate of drug-likeness (QED) is 0.506. The molecule has 0 spiro atoms. The lowest BCUT2D eigenvalue weighted by Crippen LogP contribution is -2.32. The van der Waals surface area contributed by atoms with Gasteiger partial charge >= 0.3 is 0 Å². The Balaban J connectivity index is 1.42. The van der Waals surface area contributed by atoms with E-state index in [1.165, 1.54) is 89.9 Å². The van der Waals surface area contributed by atoms with Crippen LogP contribution in [0.5, 0.6) is 0 Å². The molecule has 3 rings (SSSR count). The van der Waals surface area contributed by atoms with Gasteiger partial charge in [0.25, 0.3) is 0 Å². The minimum atomic E-state index is 0.0420. The van der Waals surface area contributed by atoms with Gasteiger partial charge < -0.3 is 0 Å². The van der Waals surface area contributed by atoms with Crippen molar-refractivity contribution in [3.63, 3.8) is 0 Å². The molecule has 0 aromatic carbocycles. The zero-order valence-electron chi connectivity index (χ0n) is 16.9. The fraction of sp³-hybridized carbons (Fsp3) is 0.958. The maximum absolute atomic E-state index is 9.63. The minimum absolute atomic E-state index is 0.0420. The first-order valence-corrected chi connectivity index (χ1v) is 11.6. The maximum Gasteiger partial charge on any atom is 0.0689 e. The van der Waals surface area contributed by atoms with Crippen LogP contribution < -0.4 is 0 Å². The highest BCUT2D eigenvalue weighted by Crippen LogP contribution is 2.49. The normalized spacial score (nSPS) is 42.7. The zero-order chi connectivity index (χ0) is 17.7. The van der Waals surface area contributed by atoms with Crippen LogP contribution in [0.2, 0.25) is 0 Å². The van der Waals surface area contributed by atoms with Crippen molar-refractivity contribution in [1.29, 1.82) is 5.26 Å². The van der Waals surface area contributed by atoms with E-state index in [4.69, 9.17) is 0 Å². The molecule has 3 aliphatic carbocycles. The van der Waals surface area contributed by atoms with Gasteiger partial charge in [0, 0.05) is 0 Å². The van der Waals surface area contributed by atoms with Crippen LogP contribution in [0.4, 0.5) is 0 Å². The lowest BCUT2D eigenvalue weighted by molar-refractivity contribution is 0.0908. The molecule has 0 bridgehead atoms. The standard InChI is InChI=1S/C24H41N/c1-3-15-24(18-25)16-13-23(14-17-24)22-11-9-21(10-12-22)20-7-5-19(4-2)6-8-20/h19-23H,3-17H2,1-2H3. The van der Waals surface area contributed by atoms with E-state index in [0.717, 1.165) is 36.0 Å². The van der Waals surface area contributed by atoms with Crippen LogP contribution in [0.1, 0.15) is 110 Å². The molecule has 25 heavy (non-hydrogen) atoms. The average molecular weight is 344 g/mol. The predicted octanol–water partition coefficient (Wildman–Crippen LogP) is 7.51. The van der Waals surface area contributed by atoms with Crippen molar-refractivity contribution >= 4 is 0 Å². The molecular formula is C24H41N. The molecule has 0 radical (unpaired) electrons. The predicted molar refractivity (Wildman–Crippen MR) is 106 cm³/mol. The highest BCUT2D eigenvalue weighted by Gasteiger charge is 2.39.